The number of benzene rings is 1. The fourth-order valence-electron chi connectivity index (χ4n) is 3.59. The van der Waals surface area contributed by atoms with Gasteiger partial charge in [-0.25, -0.2) is 4.79 Å². The maximum Gasteiger partial charge on any atom is 0.408 e. The number of ether oxygens (including phenoxy) is 3. The van der Waals surface area contributed by atoms with Crippen LogP contribution in [-0.2, 0) is 19.1 Å². The zero-order valence-electron chi connectivity index (χ0n) is 17.2. The van der Waals surface area contributed by atoms with Gasteiger partial charge in [0.15, 0.2) is 11.2 Å². The van der Waals surface area contributed by atoms with Crippen LogP contribution in [0.15, 0.2) is 24.3 Å². The smallest absolute Gasteiger partial charge is 0.408 e. The van der Waals surface area contributed by atoms with Crippen LogP contribution in [0.4, 0.5) is 4.79 Å². The van der Waals surface area contributed by atoms with Gasteiger partial charge in [-0.15, -0.1) is 0 Å². The molecule has 1 aromatic carbocycles. The minimum absolute atomic E-state index is 0.234. The van der Waals surface area contributed by atoms with Crippen LogP contribution in [0.2, 0.25) is 0 Å². The van der Waals surface area contributed by atoms with E-state index in [2.05, 4.69) is 5.32 Å². The quantitative estimate of drug-likeness (QED) is 0.610. The highest BCUT2D eigenvalue weighted by atomic mass is 16.6. The lowest BCUT2D eigenvalue weighted by Gasteiger charge is -2.40. The van der Waals surface area contributed by atoms with E-state index in [1.54, 1.807) is 52.1 Å². The second-order valence-electron chi connectivity index (χ2n) is 7.95. The molecule has 2 rings (SSSR count). The zero-order chi connectivity index (χ0) is 20.9. The molecule has 154 valence electrons. The molecule has 0 heterocycles. The summed E-state index contributed by atoms with van der Waals surface area (Å²) in [5, 5.41) is 2.76. The van der Waals surface area contributed by atoms with Crippen molar-refractivity contribution in [3.8, 4) is 5.75 Å². The Bertz CT molecular complexity index is 711. The van der Waals surface area contributed by atoms with Crippen LogP contribution in [0.3, 0.4) is 0 Å². The first-order valence-corrected chi connectivity index (χ1v) is 9.39. The summed E-state index contributed by atoms with van der Waals surface area (Å²) in [6.45, 7) is 5.24. The molecule has 1 aliphatic carbocycles. The van der Waals surface area contributed by atoms with Gasteiger partial charge in [-0.05, 0) is 51.3 Å². The summed E-state index contributed by atoms with van der Waals surface area (Å²) in [4.78, 5) is 38.4. The number of Topliss-reactive ketones (excluding diaryl/α,β-unsaturated/α-hetero) is 1. The average Bonchev–Trinajstić information content (AvgIpc) is 2.65. The summed E-state index contributed by atoms with van der Waals surface area (Å²) >= 11 is 0. The van der Waals surface area contributed by atoms with Gasteiger partial charge in [0.05, 0.1) is 20.3 Å². The molecule has 2 unspecified atom stereocenters. The number of hydrogen-bond donors (Lipinski definition) is 1. The SMILES string of the molecule is COC(=O)C1(C(NC(=O)OC(C)(C)C)c2ccc(OC)cc2)CCCCC1=O. The van der Waals surface area contributed by atoms with Crippen LogP contribution in [-0.4, -0.2) is 37.7 Å². The molecule has 2 atom stereocenters. The van der Waals surface area contributed by atoms with Crippen LogP contribution in [0.25, 0.3) is 0 Å². The van der Waals surface area contributed by atoms with Crippen molar-refractivity contribution in [3.05, 3.63) is 29.8 Å². The summed E-state index contributed by atoms with van der Waals surface area (Å²) in [5.74, 6) is -0.251. The van der Waals surface area contributed by atoms with E-state index in [9.17, 15) is 14.4 Å². The highest BCUT2D eigenvalue weighted by Crippen LogP contribution is 2.45. The molecule has 0 bridgehead atoms. The fraction of sp³-hybridized carbons (Fsp3) is 0.571. The van der Waals surface area contributed by atoms with Gasteiger partial charge < -0.3 is 19.5 Å². The lowest BCUT2D eigenvalue weighted by atomic mass is 9.66. The van der Waals surface area contributed by atoms with Gasteiger partial charge in [0.25, 0.3) is 0 Å². The zero-order valence-corrected chi connectivity index (χ0v) is 17.2. The number of ketones is 1. The second kappa shape index (κ2) is 8.63. The molecule has 7 heteroatoms. The third-order valence-corrected chi connectivity index (χ3v) is 4.88. The Morgan fingerprint density at radius 2 is 1.75 bits per heavy atom. The Morgan fingerprint density at radius 3 is 2.25 bits per heavy atom. The van der Waals surface area contributed by atoms with Crippen molar-refractivity contribution in [2.75, 3.05) is 14.2 Å². The minimum Gasteiger partial charge on any atom is -0.497 e. The number of alkyl carbamates (subject to hydrolysis) is 1. The van der Waals surface area contributed by atoms with Crippen LogP contribution in [0.5, 0.6) is 5.75 Å². The van der Waals surface area contributed by atoms with Crippen LogP contribution in [0.1, 0.15) is 58.1 Å². The Labute approximate surface area is 165 Å². The van der Waals surface area contributed by atoms with Crippen molar-refractivity contribution in [1.29, 1.82) is 0 Å². The predicted octanol–water partition coefficient (Wildman–Crippen LogP) is 3.56. The number of carbonyl (C=O) groups excluding carboxylic acids is 3. The normalized spacial score (nSPS) is 20.8. The van der Waals surface area contributed by atoms with Crippen LogP contribution in [0, 0.1) is 5.41 Å². The van der Waals surface area contributed by atoms with Gasteiger partial charge in [0.2, 0.25) is 0 Å². The van der Waals surface area contributed by atoms with Crippen molar-refractivity contribution in [3.63, 3.8) is 0 Å². The Morgan fingerprint density at radius 1 is 1.11 bits per heavy atom. The fourth-order valence-corrected chi connectivity index (χ4v) is 3.59. The summed E-state index contributed by atoms with van der Waals surface area (Å²) in [6.07, 6.45) is 1.25. The number of methoxy groups -OCH3 is 2. The van der Waals surface area contributed by atoms with Gasteiger partial charge >= 0.3 is 12.1 Å². The summed E-state index contributed by atoms with van der Waals surface area (Å²) in [7, 11) is 2.80. The standard InChI is InChI=1S/C21H29NO6/c1-20(2,3)28-19(25)22-17(14-9-11-15(26-4)12-10-14)21(18(24)27-5)13-7-6-8-16(21)23/h9-12,17H,6-8,13H2,1-5H3,(H,22,25). The highest BCUT2D eigenvalue weighted by Gasteiger charge is 2.55. The van der Waals surface area contributed by atoms with E-state index in [1.165, 1.54) is 7.11 Å². The molecule has 0 aliphatic heterocycles. The first-order valence-electron chi connectivity index (χ1n) is 9.39. The molecular formula is C21H29NO6. The Kier molecular flexibility index (Phi) is 6.69. The van der Waals surface area contributed by atoms with E-state index in [-0.39, 0.29) is 12.2 Å². The van der Waals surface area contributed by atoms with Crippen molar-refractivity contribution in [2.24, 2.45) is 5.41 Å². The van der Waals surface area contributed by atoms with E-state index in [0.717, 1.165) is 0 Å². The van der Waals surface area contributed by atoms with Crippen molar-refractivity contribution in [1.82, 2.24) is 5.32 Å². The van der Waals surface area contributed by atoms with E-state index >= 15 is 0 Å². The second-order valence-corrected chi connectivity index (χ2v) is 7.95. The number of carbonyl (C=O) groups is 3. The first kappa shape index (κ1) is 21.7. The van der Waals surface area contributed by atoms with E-state index in [4.69, 9.17) is 14.2 Å². The van der Waals surface area contributed by atoms with Gasteiger partial charge in [-0.1, -0.05) is 18.6 Å². The number of nitrogens with one attached hydrogen (secondary N) is 1. The number of amides is 1. The first-order chi connectivity index (χ1) is 13.1. The molecule has 1 N–H and O–H groups in total. The molecule has 1 aliphatic rings. The van der Waals surface area contributed by atoms with Gasteiger partial charge in [-0.3, -0.25) is 9.59 Å². The Balaban J connectivity index is 2.51. The summed E-state index contributed by atoms with van der Waals surface area (Å²) in [5.41, 5.74) is -1.60. The third-order valence-electron chi connectivity index (χ3n) is 4.88. The molecule has 1 fully saturated rings. The highest BCUT2D eigenvalue weighted by molar-refractivity contribution is 6.05. The van der Waals surface area contributed by atoms with Crippen molar-refractivity contribution in [2.45, 2.75) is 58.1 Å². The van der Waals surface area contributed by atoms with Gasteiger partial charge in [-0.2, -0.15) is 0 Å². The maximum absolute atomic E-state index is 13.0. The average molecular weight is 391 g/mol. The molecule has 1 aromatic rings. The molecule has 0 aromatic heterocycles. The third kappa shape index (κ3) is 4.64. The Hall–Kier alpha value is -2.57. The summed E-state index contributed by atoms with van der Waals surface area (Å²) in [6, 6.07) is 5.99. The van der Waals surface area contributed by atoms with Crippen LogP contribution < -0.4 is 10.1 Å². The number of rotatable bonds is 5. The van der Waals surface area contributed by atoms with E-state index in [0.29, 0.717) is 30.6 Å². The van der Waals surface area contributed by atoms with Crippen molar-refractivity contribution >= 4 is 17.8 Å². The van der Waals surface area contributed by atoms with Gasteiger partial charge in [0, 0.05) is 6.42 Å². The summed E-state index contributed by atoms with van der Waals surface area (Å²) < 4.78 is 15.6. The lowest BCUT2D eigenvalue weighted by molar-refractivity contribution is -0.162. The number of esters is 1. The van der Waals surface area contributed by atoms with E-state index in [1.807, 2.05) is 0 Å². The maximum atomic E-state index is 13.0. The topological polar surface area (TPSA) is 90.9 Å². The molecule has 1 amide bonds. The number of hydrogen-bond acceptors (Lipinski definition) is 6. The molecule has 0 spiro atoms. The molecule has 0 radical (unpaired) electrons. The van der Waals surface area contributed by atoms with Gasteiger partial charge in [0.1, 0.15) is 11.4 Å². The minimum atomic E-state index is -1.49. The van der Waals surface area contributed by atoms with Crippen molar-refractivity contribution < 1.29 is 28.6 Å². The lowest BCUT2D eigenvalue weighted by Crippen LogP contribution is -2.53. The molecular weight excluding hydrogens is 362 g/mol. The van der Waals surface area contributed by atoms with Crippen LogP contribution >= 0.6 is 0 Å². The molecule has 28 heavy (non-hydrogen) atoms. The molecule has 1 saturated carbocycles. The molecule has 0 saturated heterocycles. The molecule has 7 nitrogen and oxygen atoms in total. The largest absolute Gasteiger partial charge is 0.497 e. The monoisotopic (exact) mass is 391 g/mol. The predicted molar refractivity (Wildman–Crippen MR) is 103 cm³/mol. The van der Waals surface area contributed by atoms with E-state index < -0.39 is 29.1 Å².